The summed E-state index contributed by atoms with van der Waals surface area (Å²) in [5, 5.41) is 7.97. The van der Waals surface area contributed by atoms with Crippen LogP contribution in [0.2, 0.25) is 0 Å². The van der Waals surface area contributed by atoms with Crippen LogP contribution in [-0.2, 0) is 19.1 Å². The highest BCUT2D eigenvalue weighted by molar-refractivity contribution is 5.87. The highest BCUT2D eigenvalue weighted by Crippen LogP contribution is 2.42. The normalized spacial score (nSPS) is 20.4. The molecule has 0 aliphatic heterocycles. The molecular formula is C20H36N4O6. The zero-order valence-corrected chi connectivity index (χ0v) is 18.9. The van der Waals surface area contributed by atoms with Gasteiger partial charge in [-0.2, -0.15) is 0 Å². The van der Waals surface area contributed by atoms with Crippen LogP contribution in [0.5, 0.6) is 0 Å². The number of hydrogen-bond donors (Lipinski definition) is 3. The van der Waals surface area contributed by atoms with Crippen molar-refractivity contribution in [2.45, 2.75) is 64.5 Å². The summed E-state index contributed by atoms with van der Waals surface area (Å²) in [4.78, 5) is 50.0. The Balaban J connectivity index is 2.59. The molecule has 1 unspecified atom stereocenters. The molecule has 1 rings (SSSR count). The van der Waals surface area contributed by atoms with E-state index in [4.69, 9.17) is 9.47 Å². The molecule has 0 saturated heterocycles. The maximum Gasteiger partial charge on any atom is 0.408 e. The third-order valence-corrected chi connectivity index (χ3v) is 5.06. The molecule has 10 nitrogen and oxygen atoms in total. The first-order valence-electron chi connectivity index (χ1n) is 10.3. The van der Waals surface area contributed by atoms with Gasteiger partial charge >= 0.3 is 18.1 Å². The number of rotatable bonds is 9. The SMILES string of the molecule is CCNC(=O)NCCN(C)C(=O)CCC1CC[C@@]1(NC(=O)OC(C)(C)C)C(=O)OC. The minimum absolute atomic E-state index is 0.101. The average molecular weight is 429 g/mol. The van der Waals surface area contributed by atoms with Crippen LogP contribution in [0.1, 0.15) is 53.4 Å². The Morgan fingerprint density at radius 3 is 2.33 bits per heavy atom. The van der Waals surface area contributed by atoms with Gasteiger partial charge in [0.25, 0.3) is 0 Å². The van der Waals surface area contributed by atoms with Gasteiger partial charge in [0.1, 0.15) is 11.1 Å². The first kappa shape index (κ1) is 25.5. The van der Waals surface area contributed by atoms with Crippen LogP contribution in [0.25, 0.3) is 0 Å². The largest absolute Gasteiger partial charge is 0.467 e. The van der Waals surface area contributed by atoms with Crippen molar-refractivity contribution in [1.29, 1.82) is 0 Å². The Bertz CT molecular complexity index is 633. The van der Waals surface area contributed by atoms with Crippen LogP contribution in [0.3, 0.4) is 0 Å². The number of alkyl carbamates (subject to hydrolysis) is 1. The number of hydrogen-bond acceptors (Lipinski definition) is 6. The molecule has 0 aromatic heterocycles. The summed E-state index contributed by atoms with van der Waals surface area (Å²) in [6.07, 6.45) is 1.09. The highest BCUT2D eigenvalue weighted by Gasteiger charge is 2.55. The summed E-state index contributed by atoms with van der Waals surface area (Å²) >= 11 is 0. The number of likely N-dealkylation sites (N-methyl/N-ethyl adjacent to an activating group) is 1. The van der Waals surface area contributed by atoms with Gasteiger partial charge in [-0.3, -0.25) is 4.79 Å². The standard InChI is InChI=1S/C20H36N4O6/c1-7-21-17(27)22-12-13-24(5)15(25)9-8-14-10-11-20(14,16(26)29-6)23-18(28)30-19(2,3)4/h14H,7-13H2,1-6H3,(H,23,28)(H2,21,22,27)/t14?,20-/m0/s1. The number of ether oxygens (including phenoxy) is 2. The first-order chi connectivity index (χ1) is 13.9. The van der Waals surface area contributed by atoms with Gasteiger partial charge < -0.3 is 30.3 Å². The summed E-state index contributed by atoms with van der Waals surface area (Å²) < 4.78 is 10.2. The Morgan fingerprint density at radius 2 is 1.83 bits per heavy atom. The number of nitrogens with zero attached hydrogens (tertiary/aromatic N) is 1. The number of amides is 4. The highest BCUT2D eigenvalue weighted by atomic mass is 16.6. The van der Waals surface area contributed by atoms with Crippen LogP contribution in [0, 0.1) is 5.92 Å². The van der Waals surface area contributed by atoms with Gasteiger partial charge in [-0.25, -0.2) is 14.4 Å². The minimum atomic E-state index is -1.17. The molecule has 4 amide bonds. The minimum Gasteiger partial charge on any atom is -0.467 e. The van der Waals surface area contributed by atoms with Gasteiger partial charge in [-0.1, -0.05) is 0 Å². The van der Waals surface area contributed by atoms with E-state index in [1.165, 1.54) is 12.0 Å². The van der Waals surface area contributed by atoms with Crippen molar-refractivity contribution in [2.75, 3.05) is 33.8 Å². The molecule has 172 valence electrons. The second-order valence-corrected chi connectivity index (χ2v) is 8.47. The van der Waals surface area contributed by atoms with Crippen LogP contribution < -0.4 is 16.0 Å². The average Bonchev–Trinajstić information content (AvgIpc) is 2.63. The van der Waals surface area contributed by atoms with Gasteiger partial charge in [-0.15, -0.1) is 0 Å². The number of carbonyl (C=O) groups is 4. The molecule has 10 heteroatoms. The maximum absolute atomic E-state index is 12.4. The number of nitrogens with one attached hydrogen (secondary N) is 3. The Morgan fingerprint density at radius 1 is 1.17 bits per heavy atom. The van der Waals surface area contributed by atoms with E-state index in [-0.39, 0.29) is 24.3 Å². The van der Waals surface area contributed by atoms with E-state index >= 15 is 0 Å². The molecule has 0 aromatic carbocycles. The molecule has 30 heavy (non-hydrogen) atoms. The fraction of sp³-hybridized carbons (Fsp3) is 0.800. The predicted molar refractivity (Wildman–Crippen MR) is 111 cm³/mol. The molecule has 0 radical (unpaired) electrons. The van der Waals surface area contributed by atoms with Crippen molar-refractivity contribution in [3.05, 3.63) is 0 Å². The van der Waals surface area contributed by atoms with Crippen LogP contribution in [0.15, 0.2) is 0 Å². The lowest BCUT2D eigenvalue weighted by Crippen LogP contribution is -2.66. The third kappa shape index (κ3) is 7.38. The van der Waals surface area contributed by atoms with Gasteiger partial charge in [-0.05, 0) is 52.9 Å². The summed E-state index contributed by atoms with van der Waals surface area (Å²) in [6, 6.07) is -0.274. The molecule has 0 spiro atoms. The Hall–Kier alpha value is -2.52. The van der Waals surface area contributed by atoms with Crippen molar-refractivity contribution in [3.8, 4) is 0 Å². The first-order valence-corrected chi connectivity index (χ1v) is 10.3. The molecule has 1 fully saturated rings. The quantitative estimate of drug-likeness (QED) is 0.477. The lowest BCUT2D eigenvalue weighted by Gasteiger charge is -2.47. The summed E-state index contributed by atoms with van der Waals surface area (Å²) in [5.74, 6) is -0.851. The summed E-state index contributed by atoms with van der Waals surface area (Å²) in [5.41, 5.74) is -1.86. The molecule has 0 bridgehead atoms. The fourth-order valence-corrected chi connectivity index (χ4v) is 3.35. The van der Waals surface area contributed by atoms with E-state index in [9.17, 15) is 19.2 Å². The molecule has 1 aliphatic rings. The van der Waals surface area contributed by atoms with Crippen LogP contribution >= 0.6 is 0 Å². The van der Waals surface area contributed by atoms with E-state index in [0.29, 0.717) is 38.9 Å². The Labute approximate surface area is 178 Å². The van der Waals surface area contributed by atoms with Crippen molar-refractivity contribution in [3.63, 3.8) is 0 Å². The number of carbonyl (C=O) groups excluding carboxylic acids is 4. The lowest BCUT2D eigenvalue weighted by molar-refractivity contribution is -0.157. The lowest BCUT2D eigenvalue weighted by atomic mass is 9.64. The van der Waals surface area contributed by atoms with Gasteiger partial charge in [0.2, 0.25) is 5.91 Å². The summed E-state index contributed by atoms with van der Waals surface area (Å²) in [6.45, 7) is 8.28. The second kappa shape index (κ2) is 11.0. The van der Waals surface area contributed by atoms with E-state index in [2.05, 4.69) is 16.0 Å². The van der Waals surface area contributed by atoms with E-state index in [1.807, 2.05) is 6.92 Å². The second-order valence-electron chi connectivity index (χ2n) is 8.47. The molecule has 0 heterocycles. The number of esters is 1. The monoisotopic (exact) mass is 428 g/mol. The van der Waals surface area contributed by atoms with Gasteiger partial charge in [0.05, 0.1) is 7.11 Å². The predicted octanol–water partition coefficient (Wildman–Crippen LogP) is 1.39. The van der Waals surface area contributed by atoms with Crippen molar-refractivity contribution in [2.24, 2.45) is 5.92 Å². The molecule has 2 atom stereocenters. The molecule has 1 saturated carbocycles. The summed E-state index contributed by atoms with van der Waals surface area (Å²) in [7, 11) is 2.94. The Kier molecular flexibility index (Phi) is 9.38. The number of urea groups is 1. The van der Waals surface area contributed by atoms with E-state index in [1.54, 1.807) is 27.8 Å². The van der Waals surface area contributed by atoms with Crippen LogP contribution in [0.4, 0.5) is 9.59 Å². The van der Waals surface area contributed by atoms with Crippen molar-refractivity contribution in [1.82, 2.24) is 20.9 Å². The molecular weight excluding hydrogens is 392 g/mol. The maximum atomic E-state index is 12.4. The van der Waals surface area contributed by atoms with E-state index in [0.717, 1.165) is 0 Å². The zero-order valence-electron chi connectivity index (χ0n) is 18.9. The van der Waals surface area contributed by atoms with Gasteiger partial charge in [0, 0.05) is 33.1 Å². The molecule has 1 aliphatic carbocycles. The smallest absolute Gasteiger partial charge is 0.408 e. The van der Waals surface area contributed by atoms with Crippen molar-refractivity contribution >= 4 is 24.0 Å². The van der Waals surface area contributed by atoms with Gasteiger partial charge in [0.15, 0.2) is 0 Å². The van der Waals surface area contributed by atoms with Crippen molar-refractivity contribution < 1.29 is 28.7 Å². The fourth-order valence-electron chi connectivity index (χ4n) is 3.35. The zero-order chi connectivity index (χ0) is 22.9. The number of methoxy groups -OCH3 is 1. The van der Waals surface area contributed by atoms with E-state index < -0.39 is 23.2 Å². The molecule has 0 aromatic rings. The molecule has 3 N–H and O–H groups in total. The van der Waals surface area contributed by atoms with Crippen LogP contribution in [-0.4, -0.2) is 73.8 Å². The third-order valence-electron chi connectivity index (χ3n) is 5.06. The topological polar surface area (TPSA) is 126 Å².